The molecule has 1 aromatic carbocycles. The number of hydrogen-bond acceptors (Lipinski definition) is 2. The van der Waals surface area contributed by atoms with E-state index in [1.54, 1.807) is 0 Å². The molecule has 0 saturated heterocycles. The Bertz CT molecular complexity index is 575. The number of pyridine rings is 1. The summed E-state index contributed by atoms with van der Waals surface area (Å²) < 4.78 is 0. The van der Waals surface area contributed by atoms with Gasteiger partial charge in [-0.2, -0.15) is 0 Å². The highest BCUT2D eigenvalue weighted by Gasteiger charge is 2.29. The minimum Gasteiger partial charge on any atom is -0.386 e. The van der Waals surface area contributed by atoms with Crippen LogP contribution in [0.25, 0.3) is 10.8 Å². The average molecular weight is 269 g/mol. The third-order valence-electron chi connectivity index (χ3n) is 4.83. The highest BCUT2D eigenvalue weighted by molar-refractivity contribution is 5.84. The smallest absolute Gasteiger partial charge is 0.0994 e. The van der Waals surface area contributed by atoms with Gasteiger partial charge in [-0.15, -0.1) is 0 Å². The molecule has 0 radical (unpaired) electrons. The van der Waals surface area contributed by atoms with Gasteiger partial charge in [-0.05, 0) is 36.1 Å². The van der Waals surface area contributed by atoms with Crippen LogP contribution < -0.4 is 0 Å². The molecule has 0 spiro atoms. The van der Waals surface area contributed by atoms with Crippen LogP contribution >= 0.6 is 0 Å². The summed E-state index contributed by atoms with van der Waals surface area (Å²) in [6, 6.07) is 10.2. The van der Waals surface area contributed by atoms with Gasteiger partial charge in [0.1, 0.15) is 0 Å². The maximum absolute atomic E-state index is 10.8. The zero-order valence-electron chi connectivity index (χ0n) is 12.1. The van der Waals surface area contributed by atoms with Crippen molar-refractivity contribution in [2.75, 3.05) is 0 Å². The number of aromatic nitrogens is 1. The fourth-order valence-electron chi connectivity index (χ4n) is 3.59. The molecule has 3 unspecified atom stereocenters. The highest BCUT2D eigenvalue weighted by Crippen LogP contribution is 2.39. The van der Waals surface area contributed by atoms with E-state index < -0.39 is 6.10 Å². The molecule has 20 heavy (non-hydrogen) atoms. The third kappa shape index (κ3) is 2.57. The van der Waals surface area contributed by atoms with Gasteiger partial charge >= 0.3 is 0 Å². The minimum absolute atomic E-state index is 0.368. The summed E-state index contributed by atoms with van der Waals surface area (Å²) in [6.45, 7) is 2.26. The van der Waals surface area contributed by atoms with Crippen molar-refractivity contribution < 1.29 is 5.11 Å². The van der Waals surface area contributed by atoms with E-state index in [-0.39, 0.29) is 0 Å². The molecule has 1 N–H and O–H groups in total. The first-order valence-corrected chi connectivity index (χ1v) is 7.81. The van der Waals surface area contributed by atoms with Crippen molar-refractivity contribution in [1.29, 1.82) is 0 Å². The molecule has 1 aliphatic rings. The Morgan fingerprint density at radius 2 is 2.10 bits per heavy atom. The van der Waals surface area contributed by atoms with Gasteiger partial charge in [0.05, 0.1) is 11.8 Å². The Kier molecular flexibility index (Phi) is 4.02. The molecule has 0 amide bonds. The van der Waals surface area contributed by atoms with Crippen LogP contribution in [-0.2, 0) is 0 Å². The van der Waals surface area contributed by atoms with Crippen LogP contribution in [0.3, 0.4) is 0 Å². The standard InChI is InChI=1S/C18H23NO/c1-2-13-6-5-8-15(12-13)18(20)17-16-9-4-3-7-14(16)10-11-19-17/h3-4,7,9-11,13,15,18,20H,2,5-6,8,12H2,1H3. The van der Waals surface area contributed by atoms with Gasteiger partial charge in [0.2, 0.25) is 0 Å². The predicted octanol–water partition coefficient (Wildman–Crippen LogP) is 4.48. The second-order valence-corrected chi connectivity index (χ2v) is 6.06. The summed E-state index contributed by atoms with van der Waals surface area (Å²) in [4.78, 5) is 4.48. The largest absolute Gasteiger partial charge is 0.386 e. The van der Waals surface area contributed by atoms with E-state index in [0.717, 1.165) is 29.8 Å². The molecule has 2 nitrogen and oxygen atoms in total. The summed E-state index contributed by atoms with van der Waals surface area (Å²) in [5, 5.41) is 13.1. The molecule has 0 bridgehead atoms. The Balaban J connectivity index is 1.90. The molecule has 1 heterocycles. The molecule has 2 heteroatoms. The van der Waals surface area contributed by atoms with Gasteiger partial charge in [-0.1, -0.05) is 50.5 Å². The van der Waals surface area contributed by atoms with Crippen LogP contribution in [0.4, 0.5) is 0 Å². The molecule has 0 aliphatic heterocycles. The van der Waals surface area contributed by atoms with E-state index in [1.165, 1.54) is 24.6 Å². The van der Waals surface area contributed by atoms with Crippen molar-refractivity contribution in [3.63, 3.8) is 0 Å². The second-order valence-electron chi connectivity index (χ2n) is 6.06. The Labute approximate surface area is 120 Å². The zero-order chi connectivity index (χ0) is 13.9. The third-order valence-corrected chi connectivity index (χ3v) is 4.83. The molecular weight excluding hydrogens is 246 g/mol. The van der Waals surface area contributed by atoms with Gasteiger partial charge in [0.25, 0.3) is 0 Å². The number of fused-ring (bicyclic) bond motifs is 1. The van der Waals surface area contributed by atoms with Crippen molar-refractivity contribution >= 4 is 10.8 Å². The van der Waals surface area contributed by atoms with Crippen LogP contribution in [0.5, 0.6) is 0 Å². The van der Waals surface area contributed by atoms with Crippen LogP contribution in [0, 0.1) is 11.8 Å². The predicted molar refractivity (Wildman–Crippen MR) is 82.4 cm³/mol. The fourth-order valence-corrected chi connectivity index (χ4v) is 3.59. The lowest BCUT2D eigenvalue weighted by molar-refractivity contribution is 0.0657. The summed E-state index contributed by atoms with van der Waals surface area (Å²) in [7, 11) is 0. The normalized spacial score (nSPS) is 24.7. The Morgan fingerprint density at radius 3 is 2.95 bits per heavy atom. The maximum Gasteiger partial charge on any atom is 0.0994 e. The average Bonchev–Trinajstić information content (AvgIpc) is 2.53. The van der Waals surface area contributed by atoms with Gasteiger partial charge in [-0.25, -0.2) is 0 Å². The first kappa shape index (κ1) is 13.6. The van der Waals surface area contributed by atoms with Crippen LogP contribution in [0.15, 0.2) is 36.5 Å². The molecule has 1 aliphatic carbocycles. The van der Waals surface area contributed by atoms with E-state index in [9.17, 15) is 5.11 Å². The van der Waals surface area contributed by atoms with Gasteiger partial charge in [0, 0.05) is 11.6 Å². The summed E-state index contributed by atoms with van der Waals surface area (Å²) in [6.07, 6.45) is 7.46. The van der Waals surface area contributed by atoms with Gasteiger partial charge in [0.15, 0.2) is 0 Å². The van der Waals surface area contributed by atoms with Crippen molar-refractivity contribution in [2.24, 2.45) is 11.8 Å². The van der Waals surface area contributed by atoms with Gasteiger partial charge in [-0.3, -0.25) is 4.98 Å². The van der Waals surface area contributed by atoms with Crippen molar-refractivity contribution in [3.8, 4) is 0 Å². The molecule has 1 saturated carbocycles. The topological polar surface area (TPSA) is 33.1 Å². The monoisotopic (exact) mass is 269 g/mol. The maximum atomic E-state index is 10.8. The summed E-state index contributed by atoms with van der Waals surface area (Å²) in [5.41, 5.74) is 0.866. The lowest BCUT2D eigenvalue weighted by Gasteiger charge is -2.31. The van der Waals surface area contributed by atoms with Crippen molar-refractivity contribution in [3.05, 3.63) is 42.2 Å². The molecule has 106 valence electrons. The number of rotatable bonds is 3. The first-order valence-electron chi connectivity index (χ1n) is 7.81. The molecule has 3 atom stereocenters. The van der Waals surface area contributed by atoms with Crippen LogP contribution in [0.1, 0.15) is 50.8 Å². The van der Waals surface area contributed by atoms with E-state index in [2.05, 4.69) is 24.0 Å². The van der Waals surface area contributed by atoms with Crippen molar-refractivity contribution in [1.82, 2.24) is 4.98 Å². The minimum atomic E-state index is -0.421. The van der Waals surface area contributed by atoms with Crippen LogP contribution in [0.2, 0.25) is 0 Å². The van der Waals surface area contributed by atoms with E-state index >= 15 is 0 Å². The summed E-state index contributed by atoms with van der Waals surface area (Å²) >= 11 is 0. The highest BCUT2D eigenvalue weighted by atomic mass is 16.3. The number of aliphatic hydroxyl groups excluding tert-OH is 1. The van der Waals surface area contributed by atoms with Crippen molar-refractivity contribution in [2.45, 2.75) is 45.1 Å². The van der Waals surface area contributed by atoms with Gasteiger partial charge < -0.3 is 5.11 Å². The lowest BCUT2D eigenvalue weighted by Crippen LogP contribution is -2.22. The number of hydrogen-bond donors (Lipinski definition) is 1. The molecule has 1 aromatic heterocycles. The number of benzene rings is 1. The molecule has 2 aromatic rings. The first-order chi connectivity index (χ1) is 9.79. The lowest BCUT2D eigenvalue weighted by atomic mass is 9.76. The van der Waals surface area contributed by atoms with Crippen LogP contribution in [-0.4, -0.2) is 10.1 Å². The SMILES string of the molecule is CCC1CCCC(C(O)c2nccc3ccccc23)C1. The quantitative estimate of drug-likeness (QED) is 0.891. The molecule has 1 fully saturated rings. The van der Waals surface area contributed by atoms with E-state index in [1.807, 2.05) is 24.4 Å². The van der Waals surface area contributed by atoms with E-state index in [4.69, 9.17) is 0 Å². The fraction of sp³-hybridized carbons (Fsp3) is 0.500. The zero-order valence-corrected chi connectivity index (χ0v) is 12.1. The van der Waals surface area contributed by atoms with E-state index in [0.29, 0.717) is 5.92 Å². The molecule has 3 rings (SSSR count). The summed E-state index contributed by atoms with van der Waals surface area (Å²) in [5.74, 6) is 1.14. The Hall–Kier alpha value is -1.41. The molecular formula is C18H23NO. The second kappa shape index (κ2) is 5.92. The Morgan fingerprint density at radius 1 is 1.25 bits per heavy atom. The number of aliphatic hydroxyl groups is 1. The number of nitrogens with zero attached hydrogens (tertiary/aromatic N) is 1.